The van der Waals surface area contributed by atoms with Gasteiger partial charge in [0.1, 0.15) is 5.75 Å². The maximum atomic E-state index is 11.8. The largest absolute Gasteiger partial charge is 0.494 e. The molecule has 0 aliphatic rings. The maximum absolute atomic E-state index is 11.8. The molecular weight excluding hydrogens is 304 g/mol. The molecule has 134 valence electrons. The summed E-state index contributed by atoms with van der Waals surface area (Å²) in [6.07, 6.45) is 8.27. The van der Waals surface area contributed by atoms with E-state index in [2.05, 4.69) is 17.6 Å². The van der Waals surface area contributed by atoms with E-state index < -0.39 is 11.8 Å². The van der Waals surface area contributed by atoms with Gasteiger partial charge in [-0.25, -0.2) is 0 Å². The van der Waals surface area contributed by atoms with Gasteiger partial charge in [-0.3, -0.25) is 9.59 Å². The first-order valence-electron chi connectivity index (χ1n) is 8.99. The quantitative estimate of drug-likeness (QED) is 0.476. The molecule has 0 radical (unpaired) electrons. The minimum atomic E-state index is -0.637. The molecule has 24 heavy (non-hydrogen) atoms. The van der Waals surface area contributed by atoms with Crippen LogP contribution in [0.15, 0.2) is 24.3 Å². The number of ether oxygens (including phenoxy) is 1. The van der Waals surface area contributed by atoms with Crippen molar-refractivity contribution in [2.45, 2.75) is 58.8 Å². The highest BCUT2D eigenvalue weighted by Gasteiger charge is 2.12. The van der Waals surface area contributed by atoms with Crippen LogP contribution in [0.5, 0.6) is 5.75 Å². The molecule has 5 nitrogen and oxygen atoms in total. The first-order valence-corrected chi connectivity index (χ1v) is 8.99. The molecule has 0 saturated heterocycles. The van der Waals surface area contributed by atoms with Crippen molar-refractivity contribution in [2.75, 3.05) is 18.5 Å². The Hall–Kier alpha value is -2.04. The summed E-state index contributed by atoms with van der Waals surface area (Å²) in [7, 11) is 0. The van der Waals surface area contributed by atoms with E-state index in [0.717, 1.165) is 18.6 Å². The Morgan fingerprint density at radius 2 is 1.50 bits per heavy atom. The average Bonchev–Trinajstić information content (AvgIpc) is 2.59. The molecule has 1 aromatic carbocycles. The second-order valence-corrected chi connectivity index (χ2v) is 5.79. The fraction of sp³-hybridized carbons (Fsp3) is 0.579. The summed E-state index contributed by atoms with van der Waals surface area (Å²) >= 11 is 0. The Labute approximate surface area is 145 Å². The van der Waals surface area contributed by atoms with Crippen molar-refractivity contribution in [1.82, 2.24) is 5.32 Å². The molecule has 1 aromatic rings. The van der Waals surface area contributed by atoms with Gasteiger partial charge in [0.2, 0.25) is 0 Å². The maximum Gasteiger partial charge on any atom is 0.313 e. The SMILES string of the molecule is CCCCCCCCCNC(=O)C(=O)Nc1ccc(OCC)cc1. The molecule has 0 spiro atoms. The predicted molar refractivity (Wildman–Crippen MR) is 97.2 cm³/mol. The lowest BCUT2D eigenvalue weighted by Crippen LogP contribution is -2.35. The minimum Gasteiger partial charge on any atom is -0.494 e. The lowest BCUT2D eigenvalue weighted by Gasteiger charge is -2.08. The normalized spacial score (nSPS) is 10.2. The molecule has 2 amide bonds. The van der Waals surface area contributed by atoms with Crippen LogP contribution in [0.25, 0.3) is 0 Å². The molecule has 0 atom stereocenters. The third-order valence-corrected chi connectivity index (χ3v) is 3.70. The van der Waals surface area contributed by atoms with Crippen molar-refractivity contribution in [3.8, 4) is 5.75 Å². The zero-order chi connectivity index (χ0) is 17.6. The zero-order valence-electron chi connectivity index (χ0n) is 14.9. The van der Waals surface area contributed by atoms with Gasteiger partial charge in [-0.05, 0) is 37.6 Å². The molecule has 0 bridgehead atoms. The van der Waals surface area contributed by atoms with Crippen LogP contribution in [0.3, 0.4) is 0 Å². The van der Waals surface area contributed by atoms with E-state index >= 15 is 0 Å². The molecule has 0 unspecified atom stereocenters. The predicted octanol–water partition coefficient (Wildman–Crippen LogP) is 3.89. The zero-order valence-corrected chi connectivity index (χ0v) is 14.9. The second kappa shape index (κ2) is 12.4. The van der Waals surface area contributed by atoms with Crippen molar-refractivity contribution in [3.63, 3.8) is 0 Å². The number of rotatable bonds is 11. The van der Waals surface area contributed by atoms with Crippen molar-refractivity contribution in [1.29, 1.82) is 0 Å². The van der Waals surface area contributed by atoms with Crippen LogP contribution in [-0.4, -0.2) is 25.0 Å². The summed E-state index contributed by atoms with van der Waals surface area (Å²) in [5, 5.41) is 5.24. The van der Waals surface area contributed by atoms with Gasteiger partial charge in [-0.2, -0.15) is 0 Å². The Morgan fingerprint density at radius 1 is 0.875 bits per heavy atom. The highest BCUT2D eigenvalue weighted by Crippen LogP contribution is 2.15. The molecule has 5 heteroatoms. The van der Waals surface area contributed by atoms with Crippen LogP contribution < -0.4 is 15.4 Å². The lowest BCUT2D eigenvalue weighted by molar-refractivity contribution is -0.136. The Morgan fingerprint density at radius 3 is 2.12 bits per heavy atom. The summed E-state index contributed by atoms with van der Waals surface area (Å²) in [5.41, 5.74) is 0.578. The van der Waals surface area contributed by atoms with Crippen molar-refractivity contribution < 1.29 is 14.3 Å². The van der Waals surface area contributed by atoms with Gasteiger partial charge in [0, 0.05) is 12.2 Å². The molecule has 0 heterocycles. The number of hydrogen-bond donors (Lipinski definition) is 2. The van der Waals surface area contributed by atoms with Crippen LogP contribution in [-0.2, 0) is 9.59 Å². The highest BCUT2D eigenvalue weighted by molar-refractivity contribution is 6.39. The monoisotopic (exact) mass is 334 g/mol. The van der Waals surface area contributed by atoms with Gasteiger partial charge in [-0.1, -0.05) is 45.4 Å². The van der Waals surface area contributed by atoms with Gasteiger partial charge in [0.25, 0.3) is 0 Å². The molecule has 0 saturated carbocycles. The fourth-order valence-electron chi connectivity index (χ4n) is 2.35. The number of carbonyl (C=O) groups excluding carboxylic acids is 2. The highest BCUT2D eigenvalue weighted by atomic mass is 16.5. The van der Waals surface area contributed by atoms with Gasteiger partial charge in [-0.15, -0.1) is 0 Å². The molecule has 1 rings (SSSR count). The molecule has 0 aromatic heterocycles. The van der Waals surface area contributed by atoms with Gasteiger partial charge in [0.05, 0.1) is 6.61 Å². The lowest BCUT2D eigenvalue weighted by atomic mass is 10.1. The van der Waals surface area contributed by atoms with Crippen molar-refractivity contribution >= 4 is 17.5 Å². The van der Waals surface area contributed by atoms with Crippen LogP contribution in [0.1, 0.15) is 58.8 Å². The van der Waals surface area contributed by atoms with Gasteiger partial charge < -0.3 is 15.4 Å². The summed E-state index contributed by atoms with van der Waals surface area (Å²) in [6, 6.07) is 6.95. The van der Waals surface area contributed by atoms with E-state index in [-0.39, 0.29) is 0 Å². The van der Waals surface area contributed by atoms with Crippen LogP contribution in [0, 0.1) is 0 Å². The van der Waals surface area contributed by atoms with E-state index in [1.807, 2.05) is 6.92 Å². The number of anilines is 1. The van der Waals surface area contributed by atoms with E-state index in [0.29, 0.717) is 18.8 Å². The number of unbranched alkanes of at least 4 members (excludes halogenated alkanes) is 6. The number of carbonyl (C=O) groups is 2. The summed E-state index contributed by atoms with van der Waals surface area (Å²) < 4.78 is 5.33. The minimum absolute atomic E-state index is 0.545. The molecule has 0 aliphatic heterocycles. The van der Waals surface area contributed by atoms with Crippen LogP contribution in [0.4, 0.5) is 5.69 Å². The van der Waals surface area contributed by atoms with Crippen LogP contribution >= 0.6 is 0 Å². The molecule has 0 aliphatic carbocycles. The number of benzene rings is 1. The molecule has 2 N–H and O–H groups in total. The summed E-state index contributed by atoms with van der Waals surface area (Å²) in [6.45, 7) is 5.25. The Bertz CT molecular complexity index is 486. The van der Waals surface area contributed by atoms with E-state index in [1.54, 1.807) is 24.3 Å². The second-order valence-electron chi connectivity index (χ2n) is 5.79. The van der Waals surface area contributed by atoms with Crippen molar-refractivity contribution in [3.05, 3.63) is 24.3 Å². The van der Waals surface area contributed by atoms with Gasteiger partial charge >= 0.3 is 11.8 Å². The van der Waals surface area contributed by atoms with Crippen LogP contribution in [0.2, 0.25) is 0 Å². The molecule has 0 fully saturated rings. The first kappa shape index (κ1) is 20.0. The van der Waals surface area contributed by atoms with E-state index in [4.69, 9.17) is 4.74 Å². The van der Waals surface area contributed by atoms with E-state index in [1.165, 1.54) is 32.1 Å². The van der Waals surface area contributed by atoms with Gasteiger partial charge in [0.15, 0.2) is 0 Å². The summed E-state index contributed by atoms with van der Waals surface area (Å²) in [4.78, 5) is 23.5. The third-order valence-electron chi connectivity index (χ3n) is 3.70. The topological polar surface area (TPSA) is 67.4 Å². The summed E-state index contributed by atoms with van der Waals surface area (Å²) in [5.74, 6) is -0.490. The van der Waals surface area contributed by atoms with Crippen molar-refractivity contribution in [2.24, 2.45) is 0 Å². The standard InChI is InChI=1S/C19H30N2O3/c1-3-5-6-7-8-9-10-15-20-18(22)19(23)21-16-11-13-17(14-12-16)24-4-2/h11-14H,3-10,15H2,1-2H3,(H,20,22)(H,21,23). The third kappa shape index (κ3) is 8.56. The smallest absolute Gasteiger partial charge is 0.313 e. The molecular formula is C19H30N2O3. The average molecular weight is 334 g/mol. The number of nitrogens with one attached hydrogen (secondary N) is 2. The fourth-order valence-corrected chi connectivity index (χ4v) is 2.35. The van der Waals surface area contributed by atoms with E-state index in [9.17, 15) is 9.59 Å². The Balaban J connectivity index is 2.17. The Kier molecular flexibility index (Phi) is 10.3. The number of amides is 2. The number of hydrogen-bond acceptors (Lipinski definition) is 3. The first-order chi connectivity index (χ1) is 11.7.